The average molecular weight is 271 g/mol. The molecule has 0 radical (unpaired) electrons. The lowest BCUT2D eigenvalue weighted by atomic mass is 9.79. The molecule has 0 spiro atoms. The maximum atomic E-state index is 13.9. The SMILES string of the molecule is CCNC(c1ccccc1F)C1CCC(F)(F)CC1. The van der Waals surface area contributed by atoms with Gasteiger partial charge in [0.05, 0.1) is 0 Å². The first-order chi connectivity index (χ1) is 9.03. The minimum atomic E-state index is -2.54. The first-order valence-electron chi connectivity index (χ1n) is 6.89. The van der Waals surface area contributed by atoms with Crippen molar-refractivity contribution >= 4 is 0 Å². The first-order valence-corrected chi connectivity index (χ1v) is 6.89. The highest BCUT2D eigenvalue weighted by molar-refractivity contribution is 5.22. The second-order valence-electron chi connectivity index (χ2n) is 5.25. The van der Waals surface area contributed by atoms with Crippen molar-refractivity contribution in [3.8, 4) is 0 Å². The molecular formula is C15H20F3N. The van der Waals surface area contributed by atoms with E-state index in [1.807, 2.05) is 6.92 Å². The average Bonchev–Trinajstić information content (AvgIpc) is 2.38. The quantitative estimate of drug-likeness (QED) is 0.860. The number of hydrogen-bond donors (Lipinski definition) is 1. The van der Waals surface area contributed by atoms with Crippen molar-refractivity contribution in [1.29, 1.82) is 0 Å². The van der Waals surface area contributed by atoms with Crippen molar-refractivity contribution in [1.82, 2.24) is 5.32 Å². The van der Waals surface area contributed by atoms with E-state index in [2.05, 4.69) is 5.32 Å². The van der Waals surface area contributed by atoms with Gasteiger partial charge in [0.15, 0.2) is 0 Å². The lowest BCUT2D eigenvalue weighted by Gasteiger charge is -2.34. The zero-order valence-electron chi connectivity index (χ0n) is 11.1. The topological polar surface area (TPSA) is 12.0 Å². The van der Waals surface area contributed by atoms with Crippen LogP contribution < -0.4 is 5.32 Å². The molecular weight excluding hydrogens is 251 g/mol. The van der Waals surface area contributed by atoms with Crippen LogP contribution in [0.15, 0.2) is 24.3 Å². The molecule has 106 valence electrons. The van der Waals surface area contributed by atoms with E-state index in [0.29, 0.717) is 24.9 Å². The van der Waals surface area contributed by atoms with Gasteiger partial charge in [0.1, 0.15) is 5.82 Å². The molecule has 1 fully saturated rings. The Balaban J connectivity index is 2.15. The Kier molecular flexibility index (Phi) is 4.50. The van der Waals surface area contributed by atoms with Gasteiger partial charge < -0.3 is 5.32 Å². The predicted molar refractivity (Wildman–Crippen MR) is 69.7 cm³/mol. The van der Waals surface area contributed by atoms with Crippen LogP contribution in [0.25, 0.3) is 0 Å². The molecule has 0 heterocycles. The van der Waals surface area contributed by atoms with Crippen LogP contribution in [0.2, 0.25) is 0 Å². The van der Waals surface area contributed by atoms with Gasteiger partial charge in [-0.05, 0) is 31.4 Å². The number of benzene rings is 1. The zero-order valence-corrected chi connectivity index (χ0v) is 11.1. The van der Waals surface area contributed by atoms with Crippen LogP contribution in [-0.2, 0) is 0 Å². The summed E-state index contributed by atoms with van der Waals surface area (Å²) in [7, 11) is 0. The molecule has 1 aliphatic rings. The Morgan fingerprint density at radius 2 is 1.89 bits per heavy atom. The lowest BCUT2D eigenvalue weighted by Crippen LogP contribution is -2.34. The molecule has 0 bridgehead atoms. The summed E-state index contributed by atoms with van der Waals surface area (Å²) >= 11 is 0. The van der Waals surface area contributed by atoms with E-state index in [4.69, 9.17) is 0 Å². The van der Waals surface area contributed by atoms with Crippen molar-refractivity contribution in [2.75, 3.05) is 6.54 Å². The molecule has 1 saturated carbocycles. The summed E-state index contributed by atoms with van der Waals surface area (Å²) < 4.78 is 40.3. The highest BCUT2D eigenvalue weighted by Crippen LogP contribution is 2.41. The molecule has 1 nitrogen and oxygen atoms in total. The van der Waals surface area contributed by atoms with E-state index in [1.54, 1.807) is 18.2 Å². The van der Waals surface area contributed by atoms with E-state index in [0.717, 1.165) is 0 Å². The number of rotatable bonds is 4. The molecule has 19 heavy (non-hydrogen) atoms. The molecule has 2 rings (SSSR count). The van der Waals surface area contributed by atoms with E-state index < -0.39 is 5.92 Å². The summed E-state index contributed by atoms with van der Waals surface area (Å²) in [5.41, 5.74) is 0.597. The van der Waals surface area contributed by atoms with E-state index >= 15 is 0 Å². The molecule has 1 aliphatic carbocycles. The zero-order chi connectivity index (χ0) is 13.9. The Bertz CT molecular complexity index is 410. The maximum Gasteiger partial charge on any atom is 0.248 e. The van der Waals surface area contributed by atoms with Gasteiger partial charge in [-0.25, -0.2) is 13.2 Å². The fraction of sp³-hybridized carbons (Fsp3) is 0.600. The van der Waals surface area contributed by atoms with Gasteiger partial charge in [-0.3, -0.25) is 0 Å². The normalized spacial score (nSPS) is 21.3. The summed E-state index contributed by atoms with van der Waals surface area (Å²) in [6.07, 6.45) is 0.708. The molecule has 0 saturated heterocycles. The molecule has 4 heteroatoms. The first kappa shape index (κ1) is 14.4. The van der Waals surface area contributed by atoms with Crippen molar-refractivity contribution in [3.63, 3.8) is 0 Å². The third-order valence-corrected chi connectivity index (χ3v) is 3.90. The van der Waals surface area contributed by atoms with Crippen molar-refractivity contribution in [2.24, 2.45) is 5.92 Å². The van der Waals surface area contributed by atoms with Gasteiger partial charge in [-0.15, -0.1) is 0 Å². The van der Waals surface area contributed by atoms with Crippen LogP contribution in [0.1, 0.15) is 44.2 Å². The van der Waals surface area contributed by atoms with Crippen LogP contribution in [0.4, 0.5) is 13.2 Å². The van der Waals surface area contributed by atoms with Gasteiger partial charge in [-0.2, -0.15) is 0 Å². The van der Waals surface area contributed by atoms with E-state index in [-0.39, 0.29) is 30.6 Å². The van der Waals surface area contributed by atoms with Crippen LogP contribution in [0.5, 0.6) is 0 Å². The number of alkyl halides is 2. The minimum Gasteiger partial charge on any atom is -0.310 e. The largest absolute Gasteiger partial charge is 0.310 e. The maximum absolute atomic E-state index is 13.9. The van der Waals surface area contributed by atoms with E-state index in [9.17, 15) is 13.2 Å². The van der Waals surface area contributed by atoms with Crippen molar-refractivity contribution < 1.29 is 13.2 Å². The van der Waals surface area contributed by atoms with Crippen LogP contribution in [0.3, 0.4) is 0 Å². The highest BCUT2D eigenvalue weighted by Gasteiger charge is 2.38. The third-order valence-electron chi connectivity index (χ3n) is 3.90. The monoisotopic (exact) mass is 271 g/mol. The lowest BCUT2D eigenvalue weighted by molar-refractivity contribution is -0.0498. The summed E-state index contributed by atoms with van der Waals surface area (Å²) in [6, 6.07) is 6.45. The molecule has 1 unspecified atom stereocenters. The van der Waals surface area contributed by atoms with Gasteiger partial charge in [0.2, 0.25) is 5.92 Å². The van der Waals surface area contributed by atoms with Gasteiger partial charge in [0, 0.05) is 24.4 Å². The Morgan fingerprint density at radius 3 is 2.47 bits per heavy atom. The Hall–Kier alpha value is -1.03. The summed E-state index contributed by atoms with van der Waals surface area (Å²) in [5.74, 6) is -2.72. The predicted octanol–water partition coefficient (Wildman–Crippen LogP) is 4.30. The molecule has 0 aromatic heterocycles. The molecule has 1 aromatic rings. The standard InChI is InChI=1S/C15H20F3N/c1-2-19-14(12-5-3-4-6-13(12)16)11-7-9-15(17,18)10-8-11/h3-6,11,14,19H,2,7-10H2,1H3. The van der Waals surface area contributed by atoms with Gasteiger partial charge in [-0.1, -0.05) is 25.1 Å². The smallest absolute Gasteiger partial charge is 0.248 e. The second-order valence-corrected chi connectivity index (χ2v) is 5.25. The van der Waals surface area contributed by atoms with Crippen molar-refractivity contribution in [3.05, 3.63) is 35.6 Å². The summed E-state index contributed by atoms with van der Waals surface area (Å²) in [6.45, 7) is 2.65. The summed E-state index contributed by atoms with van der Waals surface area (Å²) in [4.78, 5) is 0. The van der Waals surface area contributed by atoms with Crippen molar-refractivity contribution in [2.45, 2.75) is 44.6 Å². The van der Waals surface area contributed by atoms with Gasteiger partial charge >= 0.3 is 0 Å². The second kappa shape index (κ2) is 5.95. The molecule has 1 atom stereocenters. The third kappa shape index (κ3) is 3.50. The molecule has 0 amide bonds. The number of hydrogen-bond acceptors (Lipinski definition) is 1. The fourth-order valence-electron chi connectivity index (χ4n) is 2.87. The minimum absolute atomic E-state index is 0.0801. The Labute approximate surface area is 112 Å². The van der Waals surface area contributed by atoms with Crippen LogP contribution in [-0.4, -0.2) is 12.5 Å². The molecule has 0 aliphatic heterocycles. The van der Waals surface area contributed by atoms with E-state index in [1.165, 1.54) is 6.07 Å². The van der Waals surface area contributed by atoms with Crippen LogP contribution >= 0.6 is 0 Å². The number of halogens is 3. The molecule has 1 aromatic carbocycles. The highest BCUT2D eigenvalue weighted by atomic mass is 19.3. The summed E-state index contributed by atoms with van der Waals surface area (Å²) in [5, 5.41) is 3.25. The molecule has 1 N–H and O–H groups in total. The fourth-order valence-corrected chi connectivity index (χ4v) is 2.87. The number of nitrogens with one attached hydrogen (secondary N) is 1. The Morgan fingerprint density at radius 1 is 1.26 bits per heavy atom. The van der Waals surface area contributed by atoms with Crippen LogP contribution in [0, 0.1) is 11.7 Å². The van der Waals surface area contributed by atoms with Gasteiger partial charge in [0.25, 0.3) is 0 Å².